The van der Waals surface area contributed by atoms with E-state index in [1.807, 2.05) is 60.0 Å². The Labute approximate surface area is 205 Å². The van der Waals surface area contributed by atoms with Crippen molar-refractivity contribution in [2.75, 3.05) is 5.32 Å². The highest BCUT2D eigenvalue weighted by atomic mass is 16.3. The minimum Gasteiger partial charge on any atom is -0.508 e. The van der Waals surface area contributed by atoms with Gasteiger partial charge in [0.1, 0.15) is 11.5 Å². The third kappa shape index (κ3) is 2.94. The largest absolute Gasteiger partial charge is 0.508 e. The minimum atomic E-state index is -0.611. The van der Waals surface area contributed by atoms with Crippen molar-refractivity contribution in [3.8, 4) is 28.4 Å². The number of rotatable bonds is 2. The van der Waals surface area contributed by atoms with Crippen molar-refractivity contribution >= 4 is 16.6 Å². The Hall–Kier alpha value is -4.72. The summed E-state index contributed by atoms with van der Waals surface area (Å²) in [6.07, 6.45) is 0. The van der Waals surface area contributed by atoms with Crippen LogP contribution in [0.5, 0.6) is 11.5 Å². The van der Waals surface area contributed by atoms with Gasteiger partial charge in [0.15, 0.2) is 0 Å². The maximum atomic E-state index is 13.7. The maximum Gasteiger partial charge on any atom is 0.331 e. The van der Waals surface area contributed by atoms with E-state index in [0.717, 1.165) is 27.1 Å². The second kappa shape index (κ2) is 7.64. The summed E-state index contributed by atoms with van der Waals surface area (Å²) >= 11 is 0. The van der Waals surface area contributed by atoms with E-state index in [0.29, 0.717) is 27.9 Å². The molecule has 36 heavy (non-hydrogen) atoms. The molecule has 0 bridgehead atoms. The number of anilines is 1. The molecule has 5 aromatic rings. The first-order valence-electron chi connectivity index (χ1n) is 11.6. The van der Waals surface area contributed by atoms with E-state index in [1.54, 1.807) is 13.1 Å². The van der Waals surface area contributed by atoms with Gasteiger partial charge in [0.05, 0.1) is 39.7 Å². The summed E-state index contributed by atoms with van der Waals surface area (Å²) in [5, 5.41) is 24.6. The lowest BCUT2D eigenvalue weighted by molar-refractivity contribution is 0.444. The quantitative estimate of drug-likeness (QED) is 0.355. The van der Waals surface area contributed by atoms with Crippen LogP contribution in [0.3, 0.4) is 0 Å². The zero-order valence-corrected chi connectivity index (χ0v) is 20.0. The molecule has 1 atom stereocenters. The van der Waals surface area contributed by atoms with Crippen LogP contribution in [-0.4, -0.2) is 23.9 Å². The molecule has 3 aromatic carbocycles. The average molecular weight is 481 g/mol. The second-order valence-electron chi connectivity index (χ2n) is 9.20. The molecule has 0 spiro atoms. The molecule has 2 aromatic heterocycles. The molecule has 1 aliphatic heterocycles. The van der Waals surface area contributed by atoms with E-state index in [1.165, 1.54) is 23.7 Å². The molecule has 0 aliphatic carbocycles. The number of nitrogens with zero attached hydrogens (tertiary/aromatic N) is 3. The van der Waals surface area contributed by atoms with Gasteiger partial charge in [-0.1, -0.05) is 42.0 Å². The van der Waals surface area contributed by atoms with Crippen molar-refractivity contribution in [2.24, 2.45) is 14.1 Å². The number of phenolic OH excluding ortho intramolecular Hbond substituents is 2. The monoisotopic (exact) mass is 480 g/mol. The number of nitrogens with one attached hydrogen (secondary N) is 1. The first-order chi connectivity index (χ1) is 17.3. The summed E-state index contributed by atoms with van der Waals surface area (Å²) in [5.74, 6) is -0.159. The van der Waals surface area contributed by atoms with Crippen molar-refractivity contribution in [2.45, 2.75) is 13.0 Å². The predicted molar refractivity (Wildman–Crippen MR) is 139 cm³/mol. The molecule has 0 radical (unpaired) electrons. The van der Waals surface area contributed by atoms with Gasteiger partial charge < -0.3 is 20.1 Å². The Morgan fingerprint density at radius 1 is 0.889 bits per heavy atom. The minimum absolute atomic E-state index is 0.0608. The van der Waals surface area contributed by atoms with Crippen LogP contribution >= 0.6 is 0 Å². The second-order valence-corrected chi connectivity index (χ2v) is 9.20. The first kappa shape index (κ1) is 21.8. The summed E-state index contributed by atoms with van der Waals surface area (Å²) < 4.78 is 4.62. The lowest BCUT2D eigenvalue weighted by atomic mass is 9.98. The number of fused-ring (bicyclic) bond motifs is 5. The number of aromatic hydroxyl groups is 2. The van der Waals surface area contributed by atoms with Gasteiger partial charge in [0.25, 0.3) is 5.56 Å². The number of hydrogen-bond acceptors (Lipinski definition) is 5. The highest BCUT2D eigenvalue weighted by Gasteiger charge is 2.35. The molecule has 3 N–H and O–H groups in total. The van der Waals surface area contributed by atoms with Gasteiger partial charge in [-0.15, -0.1) is 0 Å². The van der Waals surface area contributed by atoms with Crippen LogP contribution in [0.1, 0.15) is 22.9 Å². The molecule has 8 nitrogen and oxygen atoms in total. The zero-order valence-electron chi connectivity index (χ0n) is 20.0. The topological polar surface area (TPSA) is 101 Å². The molecule has 180 valence electrons. The van der Waals surface area contributed by atoms with Gasteiger partial charge in [0.2, 0.25) is 0 Å². The molecule has 3 heterocycles. The molecule has 8 heteroatoms. The number of para-hydroxylation sites is 2. The SMILES string of the molecule is Cc1ccc(-c2c3c(=O)n(C)c(=O)n(C)c3c3n2-c2ccccc2NC3c2ccc(O)cc2O)cc1. The Morgan fingerprint density at radius 2 is 1.61 bits per heavy atom. The van der Waals surface area contributed by atoms with Crippen LogP contribution in [0.15, 0.2) is 76.3 Å². The van der Waals surface area contributed by atoms with Crippen LogP contribution in [-0.2, 0) is 14.1 Å². The highest BCUT2D eigenvalue weighted by molar-refractivity contribution is 5.99. The highest BCUT2D eigenvalue weighted by Crippen LogP contribution is 2.47. The van der Waals surface area contributed by atoms with Crippen LogP contribution in [0.25, 0.3) is 27.8 Å². The standard InChI is InChI=1S/C28H24N4O4/c1-15-8-10-16(11-9-15)24-22-25(30(2)28(36)31(3)27(22)35)26-23(18-13-12-17(33)14-21(18)34)29-19-6-4-5-7-20(19)32(24)26/h4-14,23,29,33-34H,1-3H3. The van der Waals surface area contributed by atoms with Gasteiger partial charge in [-0.25, -0.2) is 4.79 Å². The zero-order chi connectivity index (χ0) is 25.3. The van der Waals surface area contributed by atoms with Crippen molar-refractivity contribution in [3.63, 3.8) is 0 Å². The van der Waals surface area contributed by atoms with E-state index in [4.69, 9.17) is 0 Å². The normalized spacial score (nSPS) is 14.4. The summed E-state index contributed by atoms with van der Waals surface area (Å²) in [7, 11) is 3.13. The van der Waals surface area contributed by atoms with Crippen molar-refractivity contribution in [1.29, 1.82) is 0 Å². The Bertz CT molecular complexity index is 1810. The van der Waals surface area contributed by atoms with Gasteiger partial charge in [0, 0.05) is 25.7 Å². The third-order valence-corrected chi connectivity index (χ3v) is 6.98. The molecule has 0 amide bonds. The van der Waals surface area contributed by atoms with Gasteiger partial charge in [-0.05, 0) is 36.8 Å². The van der Waals surface area contributed by atoms with E-state index in [-0.39, 0.29) is 11.5 Å². The number of phenols is 2. The summed E-state index contributed by atoms with van der Waals surface area (Å²) in [6.45, 7) is 2.00. The average Bonchev–Trinajstić information content (AvgIpc) is 3.23. The molecule has 0 saturated carbocycles. The van der Waals surface area contributed by atoms with Gasteiger partial charge in [-0.2, -0.15) is 0 Å². The molecule has 1 unspecified atom stereocenters. The summed E-state index contributed by atoms with van der Waals surface area (Å²) in [5.41, 5.74) is 5.03. The molecule has 6 rings (SSSR count). The lowest BCUT2D eigenvalue weighted by Crippen LogP contribution is -2.37. The van der Waals surface area contributed by atoms with Crippen LogP contribution in [0, 0.1) is 6.92 Å². The third-order valence-electron chi connectivity index (χ3n) is 6.98. The van der Waals surface area contributed by atoms with Crippen molar-refractivity contribution in [3.05, 3.63) is 104 Å². The van der Waals surface area contributed by atoms with Crippen LogP contribution in [0.2, 0.25) is 0 Å². The smallest absolute Gasteiger partial charge is 0.331 e. The molecule has 1 aliphatic rings. The van der Waals surface area contributed by atoms with Crippen LogP contribution in [0.4, 0.5) is 5.69 Å². The molecular weight excluding hydrogens is 456 g/mol. The van der Waals surface area contributed by atoms with Crippen LogP contribution < -0.4 is 16.6 Å². The predicted octanol–water partition coefficient (Wildman–Crippen LogP) is 3.93. The van der Waals surface area contributed by atoms with Crippen molar-refractivity contribution in [1.82, 2.24) is 13.7 Å². The van der Waals surface area contributed by atoms with E-state index < -0.39 is 17.3 Å². The first-order valence-corrected chi connectivity index (χ1v) is 11.6. The fourth-order valence-electron chi connectivity index (χ4n) is 5.21. The molecule has 0 saturated heterocycles. The Morgan fingerprint density at radius 3 is 2.33 bits per heavy atom. The summed E-state index contributed by atoms with van der Waals surface area (Å²) in [6, 6.07) is 19.5. The van der Waals surface area contributed by atoms with E-state index >= 15 is 0 Å². The van der Waals surface area contributed by atoms with Gasteiger partial charge in [-0.3, -0.25) is 13.9 Å². The van der Waals surface area contributed by atoms with E-state index in [9.17, 15) is 19.8 Å². The maximum absolute atomic E-state index is 13.7. The number of aromatic nitrogens is 3. The molecule has 0 fully saturated rings. The number of aryl methyl sites for hydroxylation is 2. The number of hydrogen-bond donors (Lipinski definition) is 3. The van der Waals surface area contributed by atoms with E-state index in [2.05, 4.69) is 5.32 Å². The van der Waals surface area contributed by atoms with Gasteiger partial charge >= 0.3 is 5.69 Å². The van der Waals surface area contributed by atoms with Crippen molar-refractivity contribution < 1.29 is 10.2 Å². The number of benzene rings is 3. The fraction of sp³-hybridized carbons (Fsp3) is 0.143. The lowest BCUT2D eigenvalue weighted by Gasteiger charge is -2.31. The fourth-order valence-corrected chi connectivity index (χ4v) is 5.21. The Balaban J connectivity index is 1.86. The Kier molecular flexibility index (Phi) is 4.63. The summed E-state index contributed by atoms with van der Waals surface area (Å²) in [4.78, 5) is 26.8. The molecular formula is C28H24N4O4.